The molecule has 0 aliphatic carbocycles. The number of nitrogens with one attached hydrogen (secondary N) is 1. The van der Waals surface area contributed by atoms with Crippen molar-refractivity contribution in [2.75, 3.05) is 5.32 Å². The fraction of sp³-hybridized carbons (Fsp3) is 0.188. The van der Waals surface area contributed by atoms with Crippen LogP contribution in [-0.2, 0) is 11.2 Å². The second-order valence-electron chi connectivity index (χ2n) is 4.58. The van der Waals surface area contributed by atoms with Crippen LogP contribution < -0.4 is 5.32 Å². The third-order valence-corrected chi connectivity index (χ3v) is 2.79. The minimum absolute atomic E-state index is 0.0180. The highest BCUT2D eigenvalue weighted by molar-refractivity contribution is 5.92. The van der Waals surface area contributed by atoms with Crippen LogP contribution in [0.4, 0.5) is 5.69 Å². The molecule has 2 aromatic carbocycles. The van der Waals surface area contributed by atoms with E-state index in [0.29, 0.717) is 6.42 Å². The van der Waals surface area contributed by atoms with Crippen molar-refractivity contribution in [3.63, 3.8) is 0 Å². The van der Waals surface area contributed by atoms with Gasteiger partial charge in [0.25, 0.3) is 0 Å². The van der Waals surface area contributed by atoms with Gasteiger partial charge in [-0.1, -0.05) is 42.0 Å². The van der Waals surface area contributed by atoms with E-state index in [1.807, 2.05) is 62.4 Å². The summed E-state index contributed by atoms with van der Waals surface area (Å²) in [4.78, 5) is 11.9. The van der Waals surface area contributed by atoms with E-state index in [-0.39, 0.29) is 5.91 Å². The molecule has 0 unspecified atom stereocenters. The van der Waals surface area contributed by atoms with Gasteiger partial charge in [0.1, 0.15) is 0 Å². The number of hydrogen-bond donors (Lipinski definition) is 1. The highest BCUT2D eigenvalue weighted by atomic mass is 16.1. The molecule has 0 spiro atoms. The van der Waals surface area contributed by atoms with Gasteiger partial charge in [0.05, 0.1) is 6.42 Å². The summed E-state index contributed by atoms with van der Waals surface area (Å²) in [5.74, 6) is 0.0180. The van der Waals surface area contributed by atoms with E-state index in [1.165, 1.54) is 5.56 Å². The second kappa shape index (κ2) is 5.50. The summed E-state index contributed by atoms with van der Waals surface area (Å²) < 4.78 is 0. The Balaban J connectivity index is 1.98. The van der Waals surface area contributed by atoms with Crippen LogP contribution in [0.3, 0.4) is 0 Å². The lowest BCUT2D eigenvalue weighted by atomic mass is 10.1. The van der Waals surface area contributed by atoms with Crippen LogP contribution in [0.2, 0.25) is 0 Å². The van der Waals surface area contributed by atoms with Gasteiger partial charge in [0, 0.05) is 5.69 Å². The summed E-state index contributed by atoms with van der Waals surface area (Å²) in [5.41, 5.74) is 4.24. The van der Waals surface area contributed by atoms with Gasteiger partial charge < -0.3 is 5.32 Å². The zero-order valence-corrected chi connectivity index (χ0v) is 10.7. The molecular weight excluding hydrogens is 222 g/mol. The molecule has 0 aliphatic rings. The predicted molar refractivity (Wildman–Crippen MR) is 74.7 cm³/mol. The third kappa shape index (κ3) is 3.45. The van der Waals surface area contributed by atoms with Crippen molar-refractivity contribution in [1.82, 2.24) is 0 Å². The molecule has 18 heavy (non-hydrogen) atoms. The summed E-state index contributed by atoms with van der Waals surface area (Å²) in [6.45, 7) is 4.05. The number of carbonyl (C=O) groups excluding carboxylic acids is 1. The molecule has 1 amide bonds. The Morgan fingerprint density at radius 3 is 2.39 bits per heavy atom. The molecule has 0 saturated heterocycles. The highest BCUT2D eigenvalue weighted by Crippen LogP contribution is 2.11. The van der Waals surface area contributed by atoms with Crippen molar-refractivity contribution >= 4 is 11.6 Å². The zero-order chi connectivity index (χ0) is 13.0. The largest absolute Gasteiger partial charge is 0.326 e. The smallest absolute Gasteiger partial charge is 0.228 e. The molecule has 0 aromatic heterocycles. The third-order valence-electron chi connectivity index (χ3n) is 2.79. The van der Waals surface area contributed by atoms with Crippen LogP contribution in [0.25, 0.3) is 0 Å². The normalized spacial score (nSPS) is 10.1. The molecule has 92 valence electrons. The van der Waals surface area contributed by atoms with Crippen molar-refractivity contribution in [3.05, 3.63) is 65.2 Å². The first-order valence-electron chi connectivity index (χ1n) is 6.05. The maximum absolute atomic E-state index is 11.9. The minimum atomic E-state index is 0.0180. The molecule has 0 radical (unpaired) electrons. The monoisotopic (exact) mass is 239 g/mol. The standard InChI is InChI=1S/C16H17NO/c1-12-6-8-14(9-7-12)11-16(18)17-15-5-3-4-13(2)10-15/h3-10H,11H2,1-2H3,(H,17,18). The van der Waals surface area contributed by atoms with Crippen LogP contribution in [0.1, 0.15) is 16.7 Å². The van der Waals surface area contributed by atoms with Crippen molar-refractivity contribution in [2.24, 2.45) is 0 Å². The number of aryl methyl sites for hydroxylation is 2. The first-order valence-corrected chi connectivity index (χ1v) is 6.05. The molecule has 0 aliphatic heterocycles. The van der Waals surface area contributed by atoms with Crippen molar-refractivity contribution in [3.8, 4) is 0 Å². The van der Waals surface area contributed by atoms with E-state index in [9.17, 15) is 4.79 Å². The van der Waals surface area contributed by atoms with Gasteiger partial charge in [0.15, 0.2) is 0 Å². The fourth-order valence-corrected chi connectivity index (χ4v) is 1.82. The Morgan fingerprint density at radius 1 is 1.00 bits per heavy atom. The lowest BCUT2D eigenvalue weighted by Gasteiger charge is -2.06. The Morgan fingerprint density at radius 2 is 1.72 bits per heavy atom. The van der Waals surface area contributed by atoms with E-state index >= 15 is 0 Å². The summed E-state index contributed by atoms with van der Waals surface area (Å²) in [6, 6.07) is 15.8. The minimum Gasteiger partial charge on any atom is -0.326 e. The van der Waals surface area contributed by atoms with E-state index in [4.69, 9.17) is 0 Å². The Hall–Kier alpha value is -2.09. The molecule has 0 saturated carbocycles. The lowest BCUT2D eigenvalue weighted by molar-refractivity contribution is -0.115. The molecule has 2 nitrogen and oxygen atoms in total. The molecule has 0 bridgehead atoms. The average Bonchev–Trinajstić information content (AvgIpc) is 2.32. The Kier molecular flexibility index (Phi) is 3.78. The zero-order valence-electron chi connectivity index (χ0n) is 10.7. The molecule has 2 aromatic rings. The van der Waals surface area contributed by atoms with Crippen LogP contribution >= 0.6 is 0 Å². The van der Waals surface area contributed by atoms with E-state index in [0.717, 1.165) is 16.8 Å². The average molecular weight is 239 g/mol. The molecular formula is C16H17NO. The van der Waals surface area contributed by atoms with Crippen LogP contribution in [-0.4, -0.2) is 5.91 Å². The highest BCUT2D eigenvalue weighted by Gasteiger charge is 2.03. The van der Waals surface area contributed by atoms with Crippen molar-refractivity contribution in [2.45, 2.75) is 20.3 Å². The van der Waals surface area contributed by atoms with Crippen LogP contribution in [0, 0.1) is 13.8 Å². The molecule has 2 heteroatoms. The Labute approximate surface area is 108 Å². The molecule has 0 fully saturated rings. The number of carbonyl (C=O) groups is 1. The van der Waals surface area contributed by atoms with Gasteiger partial charge in [-0.25, -0.2) is 0 Å². The van der Waals surface area contributed by atoms with Gasteiger partial charge in [0.2, 0.25) is 5.91 Å². The summed E-state index contributed by atoms with van der Waals surface area (Å²) in [6.07, 6.45) is 0.411. The first kappa shape index (κ1) is 12.4. The topological polar surface area (TPSA) is 29.1 Å². The van der Waals surface area contributed by atoms with Crippen LogP contribution in [0.5, 0.6) is 0 Å². The van der Waals surface area contributed by atoms with Gasteiger partial charge in [-0.05, 0) is 37.1 Å². The molecule has 2 rings (SSSR count). The van der Waals surface area contributed by atoms with E-state index in [1.54, 1.807) is 0 Å². The number of rotatable bonds is 3. The number of hydrogen-bond acceptors (Lipinski definition) is 1. The summed E-state index contributed by atoms with van der Waals surface area (Å²) in [5, 5.41) is 2.91. The maximum Gasteiger partial charge on any atom is 0.228 e. The van der Waals surface area contributed by atoms with Gasteiger partial charge in [-0.3, -0.25) is 4.79 Å². The number of anilines is 1. The second-order valence-corrected chi connectivity index (χ2v) is 4.58. The number of amides is 1. The molecule has 1 N–H and O–H groups in total. The Bertz CT molecular complexity index is 543. The summed E-state index contributed by atoms with van der Waals surface area (Å²) >= 11 is 0. The van der Waals surface area contributed by atoms with Gasteiger partial charge in [-0.15, -0.1) is 0 Å². The number of benzene rings is 2. The van der Waals surface area contributed by atoms with E-state index < -0.39 is 0 Å². The molecule has 0 heterocycles. The van der Waals surface area contributed by atoms with Gasteiger partial charge >= 0.3 is 0 Å². The van der Waals surface area contributed by atoms with Crippen LogP contribution in [0.15, 0.2) is 48.5 Å². The fourth-order valence-electron chi connectivity index (χ4n) is 1.82. The SMILES string of the molecule is Cc1ccc(CC(=O)Nc2cccc(C)c2)cc1. The predicted octanol–water partition coefficient (Wildman–Crippen LogP) is 3.48. The first-order chi connectivity index (χ1) is 8.63. The lowest BCUT2D eigenvalue weighted by Crippen LogP contribution is -2.14. The molecule has 0 atom stereocenters. The maximum atomic E-state index is 11.9. The van der Waals surface area contributed by atoms with Crippen molar-refractivity contribution in [1.29, 1.82) is 0 Å². The van der Waals surface area contributed by atoms with Crippen molar-refractivity contribution < 1.29 is 4.79 Å². The van der Waals surface area contributed by atoms with Gasteiger partial charge in [-0.2, -0.15) is 0 Å². The quantitative estimate of drug-likeness (QED) is 0.872. The summed E-state index contributed by atoms with van der Waals surface area (Å²) in [7, 11) is 0. The van der Waals surface area contributed by atoms with E-state index in [2.05, 4.69) is 5.32 Å².